The van der Waals surface area contributed by atoms with E-state index in [0.29, 0.717) is 13.1 Å². The molecular formula is C15H22N2O6S. The zero-order valence-corrected chi connectivity index (χ0v) is 14.7. The van der Waals surface area contributed by atoms with Crippen molar-refractivity contribution in [2.75, 3.05) is 26.8 Å². The summed E-state index contributed by atoms with van der Waals surface area (Å²) in [6.07, 6.45) is 0. The molecule has 0 aliphatic heterocycles. The van der Waals surface area contributed by atoms with E-state index in [-0.39, 0.29) is 17.1 Å². The summed E-state index contributed by atoms with van der Waals surface area (Å²) in [5.74, 6) is -1.84. The average Bonchev–Trinajstić information content (AvgIpc) is 2.55. The largest absolute Gasteiger partial charge is 0.480 e. The van der Waals surface area contributed by atoms with Crippen LogP contribution in [0.3, 0.4) is 0 Å². The molecule has 0 saturated heterocycles. The van der Waals surface area contributed by atoms with E-state index in [1.165, 1.54) is 35.7 Å². The summed E-state index contributed by atoms with van der Waals surface area (Å²) >= 11 is 0. The second-order valence-corrected chi connectivity index (χ2v) is 6.87. The van der Waals surface area contributed by atoms with Gasteiger partial charge in [-0.05, 0) is 24.3 Å². The maximum atomic E-state index is 12.4. The lowest BCUT2D eigenvalue weighted by Crippen LogP contribution is -2.43. The number of rotatable bonds is 9. The number of benzene rings is 1. The van der Waals surface area contributed by atoms with Crippen molar-refractivity contribution in [1.82, 2.24) is 9.62 Å². The highest BCUT2D eigenvalue weighted by molar-refractivity contribution is 7.89. The van der Waals surface area contributed by atoms with Gasteiger partial charge in [-0.2, -0.15) is 4.31 Å². The van der Waals surface area contributed by atoms with Crippen molar-refractivity contribution >= 4 is 21.9 Å². The molecule has 9 heteroatoms. The van der Waals surface area contributed by atoms with Crippen molar-refractivity contribution < 1.29 is 27.9 Å². The molecule has 8 nitrogen and oxygen atoms in total. The lowest BCUT2D eigenvalue weighted by Gasteiger charge is -2.18. The highest BCUT2D eigenvalue weighted by Gasteiger charge is 2.23. The van der Waals surface area contributed by atoms with Gasteiger partial charge in [-0.15, -0.1) is 0 Å². The number of carbonyl (C=O) groups excluding carboxylic acids is 1. The van der Waals surface area contributed by atoms with E-state index >= 15 is 0 Å². The fourth-order valence-electron chi connectivity index (χ4n) is 2.07. The number of nitrogens with zero attached hydrogens (tertiary/aromatic N) is 1. The molecule has 0 spiro atoms. The van der Waals surface area contributed by atoms with Crippen LogP contribution in [0.5, 0.6) is 0 Å². The summed E-state index contributed by atoms with van der Waals surface area (Å²) in [5.41, 5.74) is 0.163. The Balaban J connectivity index is 2.95. The van der Waals surface area contributed by atoms with Crippen molar-refractivity contribution in [2.45, 2.75) is 24.8 Å². The first-order valence-corrected chi connectivity index (χ1v) is 8.84. The van der Waals surface area contributed by atoms with Gasteiger partial charge < -0.3 is 15.2 Å². The molecule has 1 aromatic rings. The monoisotopic (exact) mass is 358 g/mol. The minimum Gasteiger partial charge on any atom is -0.480 e. The second-order valence-electron chi connectivity index (χ2n) is 4.93. The molecule has 1 atom stereocenters. The SMILES string of the molecule is CCN(CC)S(=O)(=O)c1ccc(C(=O)NC(COC)C(=O)O)cc1. The highest BCUT2D eigenvalue weighted by atomic mass is 32.2. The number of methoxy groups -OCH3 is 1. The summed E-state index contributed by atoms with van der Waals surface area (Å²) in [5, 5.41) is 11.3. The van der Waals surface area contributed by atoms with Crippen LogP contribution in [0.4, 0.5) is 0 Å². The van der Waals surface area contributed by atoms with Gasteiger partial charge in [-0.25, -0.2) is 13.2 Å². The molecule has 0 aliphatic rings. The number of sulfonamides is 1. The Morgan fingerprint density at radius 2 is 1.75 bits per heavy atom. The predicted molar refractivity (Wildman–Crippen MR) is 87.3 cm³/mol. The van der Waals surface area contributed by atoms with Crippen LogP contribution in [0.1, 0.15) is 24.2 Å². The predicted octanol–water partition coefficient (Wildman–Crippen LogP) is 0.547. The number of hydrogen-bond acceptors (Lipinski definition) is 5. The topological polar surface area (TPSA) is 113 Å². The normalized spacial score (nSPS) is 12.8. The van der Waals surface area contributed by atoms with Crippen LogP contribution < -0.4 is 5.32 Å². The van der Waals surface area contributed by atoms with Crippen molar-refractivity contribution in [3.63, 3.8) is 0 Å². The molecule has 1 rings (SSSR count). The maximum Gasteiger partial charge on any atom is 0.328 e. The Labute approximate surface area is 141 Å². The average molecular weight is 358 g/mol. The molecule has 0 saturated carbocycles. The smallest absolute Gasteiger partial charge is 0.328 e. The standard InChI is InChI=1S/C15H22N2O6S/c1-4-17(5-2)24(21,22)12-8-6-11(7-9-12)14(18)16-13(10-23-3)15(19)20/h6-9,13H,4-5,10H2,1-3H3,(H,16,18)(H,19,20). The van der Waals surface area contributed by atoms with Crippen LogP contribution in [0, 0.1) is 0 Å². The van der Waals surface area contributed by atoms with Crippen LogP contribution in [0.15, 0.2) is 29.2 Å². The van der Waals surface area contributed by atoms with E-state index in [4.69, 9.17) is 9.84 Å². The second kappa shape index (κ2) is 8.76. The molecule has 0 radical (unpaired) electrons. The Hall–Kier alpha value is -1.97. The molecular weight excluding hydrogens is 336 g/mol. The van der Waals surface area contributed by atoms with Crippen molar-refractivity contribution in [2.24, 2.45) is 0 Å². The maximum absolute atomic E-state index is 12.4. The zero-order valence-electron chi connectivity index (χ0n) is 13.9. The first-order chi connectivity index (χ1) is 11.3. The van der Waals surface area contributed by atoms with Crippen LogP contribution in [0.2, 0.25) is 0 Å². The van der Waals surface area contributed by atoms with Gasteiger partial charge in [-0.3, -0.25) is 4.79 Å². The van der Waals surface area contributed by atoms with Gasteiger partial charge in [0.1, 0.15) is 0 Å². The molecule has 134 valence electrons. The molecule has 1 unspecified atom stereocenters. The lowest BCUT2D eigenvalue weighted by atomic mass is 10.2. The van der Waals surface area contributed by atoms with Gasteiger partial charge in [0.25, 0.3) is 5.91 Å². The van der Waals surface area contributed by atoms with Crippen LogP contribution in [0.25, 0.3) is 0 Å². The van der Waals surface area contributed by atoms with Gasteiger partial charge in [0.2, 0.25) is 10.0 Å². The van der Waals surface area contributed by atoms with Crippen molar-refractivity contribution in [3.05, 3.63) is 29.8 Å². The minimum absolute atomic E-state index is 0.0782. The van der Waals surface area contributed by atoms with Crippen LogP contribution in [-0.4, -0.2) is 62.6 Å². The quantitative estimate of drug-likeness (QED) is 0.666. The zero-order chi connectivity index (χ0) is 18.3. The summed E-state index contributed by atoms with van der Waals surface area (Å²) in [4.78, 5) is 23.1. The molecule has 0 fully saturated rings. The molecule has 0 aromatic heterocycles. The molecule has 24 heavy (non-hydrogen) atoms. The third-order valence-electron chi connectivity index (χ3n) is 3.40. The number of hydrogen-bond donors (Lipinski definition) is 2. The van der Waals surface area contributed by atoms with E-state index in [1.54, 1.807) is 13.8 Å². The van der Waals surface area contributed by atoms with Gasteiger partial charge in [-0.1, -0.05) is 13.8 Å². The Kier molecular flexibility index (Phi) is 7.33. The Morgan fingerprint density at radius 1 is 1.21 bits per heavy atom. The fraction of sp³-hybridized carbons (Fsp3) is 0.467. The molecule has 0 heterocycles. The highest BCUT2D eigenvalue weighted by Crippen LogP contribution is 2.16. The van der Waals surface area contributed by atoms with E-state index in [2.05, 4.69) is 5.32 Å². The van der Waals surface area contributed by atoms with Gasteiger partial charge in [0.15, 0.2) is 6.04 Å². The Bertz CT molecular complexity index is 668. The number of nitrogens with one attached hydrogen (secondary N) is 1. The van der Waals surface area contributed by atoms with E-state index < -0.39 is 27.9 Å². The van der Waals surface area contributed by atoms with Crippen LogP contribution in [-0.2, 0) is 19.6 Å². The number of carbonyl (C=O) groups is 2. The molecule has 0 bridgehead atoms. The van der Waals surface area contributed by atoms with Crippen molar-refractivity contribution in [3.8, 4) is 0 Å². The van der Waals surface area contributed by atoms with E-state index in [1.807, 2.05) is 0 Å². The number of aliphatic carboxylic acids is 1. The first kappa shape index (κ1) is 20.1. The summed E-state index contributed by atoms with van der Waals surface area (Å²) in [6.45, 7) is 4.00. The van der Waals surface area contributed by atoms with E-state index in [9.17, 15) is 18.0 Å². The van der Waals surface area contributed by atoms with Gasteiger partial charge in [0, 0.05) is 25.8 Å². The summed E-state index contributed by atoms with van der Waals surface area (Å²) < 4.78 is 30.8. The third kappa shape index (κ3) is 4.76. The molecule has 2 N–H and O–H groups in total. The van der Waals surface area contributed by atoms with E-state index in [0.717, 1.165) is 0 Å². The lowest BCUT2D eigenvalue weighted by molar-refractivity contribution is -0.140. The van der Waals surface area contributed by atoms with Gasteiger partial charge in [0.05, 0.1) is 11.5 Å². The minimum atomic E-state index is -3.60. The van der Waals surface area contributed by atoms with Crippen LogP contribution >= 0.6 is 0 Å². The first-order valence-electron chi connectivity index (χ1n) is 7.40. The van der Waals surface area contributed by atoms with Gasteiger partial charge >= 0.3 is 5.97 Å². The number of carboxylic acids is 1. The summed E-state index contributed by atoms with van der Waals surface area (Å²) in [6, 6.07) is 4.17. The summed E-state index contributed by atoms with van der Waals surface area (Å²) in [7, 11) is -2.27. The molecule has 1 aromatic carbocycles. The fourth-order valence-corrected chi connectivity index (χ4v) is 3.53. The number of carboxylic acid groups (broad SMARTS) is 1. The third-order valence-corrected chi connectivity index (χ3v) is 5.46. The number of amides is 1. The molecule has 0 aliphatic carbocycles. The Morgan fingerprint density at radius 3 is 2.17 bits per heavy atom. The van der Waals surface area contributed by atoms with Crippen molar-refractivity contribution in [1.29, 1.82) is 0 Å². The number of ether oxygens (including phenoxy) is 1. The molecule has 1 amide bonds.